The Hall–Kier alpha value is -2.94. The molecule has 0 aromatic carbocycles. The van der Waals surface area contributed by atoms with Crippen LogP contribution in [0.1, 0.15) is 35.2 Å². The maximum Gasteiger partial charge on any atom is 0.287 e. The van der Waals surface area contributed by atoms with Gasteiger partial charge in [-0.1, -0.05) is 12.1 Å². The summed E-state index contributed by atoms with van der Waals surface area (Å²) in [6.45, 7) is 5.42. The van der Waals surface area contributed by atoms with Crippen LogP contribution in [0.25, 0.3) is 10.7 Å². The van der Waals surface area contributed by atoms with Crippen molar-refractivity contribution in [3.63, 3.8) is 0 Å². The Balaban J connectivity index is 1.66. The highest BCUT2D eigenvalue weighted by atomic mass is 32.1. The summed E-state index contributed by atoms with van der Waals surface area (Å²) < 4.78 is 10.1. The number of hydrogen-bond donors (Lipinski definition) is 2. The van der Waals surface area contributed by atoms with Crippen molar-refractivity contribution in [2.24, 2.45) is 0 Å². The van der Waals surface area contributed by atoms with Crippen LogP contribution in [0.2, 0.25) is 0 Å². The monoisotopic (exact) mass is 374 g/mol. The molecule has 136 valence electrons. The zero-order valence-electron chi connectivity index (χ0n) is 14.5. The molecule has 0 saturated carbocycles. The van der Waals surface area contributed by atoms with Crippen LogP contribution in [-0.4, -0.2) is 28.0 Å². The van der Waals surface area contributed by atoms with Gasteiger partial charge in [0.05, 0.1) is 16.8 Å². The molecule has 3 rings (SSSR count). The molecule has 0 aliphatic carbocycles. The van der Waals surface area contributed by atoms with E-state index in [1.165, 1.54) is 23.7 Å². The number of anilines is 1. The van der Waals surface area contributed by atoms with E-state index < -0.39 is 11.9 Å². The van der Waals surface area contributed by atoms with Crippen LogP contribution in [-0.2, 0) is 11.2 Å². The van der Waals surface area contributed by atoms with E-state index in [0.717, 1.165) is 9.75 Å². The summed E-state index contributed by atoms with van der Waals surface area (Å²) in [6, 6.07) is 4.21. The topological polar surface area (TPSA) is 110 Å². The van der Waals surface area contributed by atoms with Crippen LogP contribution in [0.3, 0.4) is 0 Å². The molecule has 2 N–H and O–H groups in total. The van der Waals surface area contributed by atoms with Crippen LogP contribution < -0.4 is 10.6 Å². The first-order valence-electron chi connectivity index (χ1n) is 8.06. The average molecular weight is 374 g/mol. The maximum atomic E-state index is 12.4. The number of thiophene rings is 1. The standard InChI is InChI=1S/C17H18N4O4S/c1-4-14-20-15(21-25-14)13-8-11(10(3)26-13)19-16(22)9(2)18-17(23)12-6-5-7-24-12/h5-9H,4H2,1-3H3,(H,18,23)(H,19,22). The van der Waals surface area contributed by atoms with E-state index in [-0.39, 0.29) is 11.7 Å². The number of aryl methyl sites for hydroxylation is 2. The normalized spacial score (nSPS) is 12.0. The first-order chi connectivity index (χ1) is 12.5. The van der Waals surface area contributed by atoms with Gasteiger partial charge in [-0.3, -0.25) is 9.59 Å². The zero-order valence-corrected chi connectivity index (χ0v) is 15.3. The van der Waals surface area contributed by atoms with E-state index >= 15 is 0 Å². The Labute approximate surface area is 153 Å². The molecule has 3 heterocycles. The van der Waals surface area contributed by atoms with Crippen LogP contribution in [0.5, 0.6) is 0 Å². The summed E-state index contributed by atoms with van der Waals surface area (Å²) in [5, 5.41) is 9.34. The molecule has 0 saturated heterocycles. The number of carbonyl (C=O) groups is 2. The Morgan fingerprint density at radius 1 is 1.38 bits per heavy atom. The summed E-state index contributed by atoms with van der Waals surface area (Å²) in [6.07, 6.45) is 2.06. The maximum absolute atomic E-state index is 12.4. The summed E-state index contributed by atoms with van der Waals surface area (Å²) in [4.78, 5) is 30.3. The van der Waals surface area contributed by atoms with Crippen LogP contribution in [0.4, 0.5) is 5.69 Å². The minimum atomic E-state index is -0.729. The molecule has 2 amide bonds. The number of carbonyl (C=O) groups excluding carboxylic acids is 2. The quantitative estimate of drug-likeness (QED) is 0.686. The molecule has 0 aliphatic rings. The number of amides is 2. The first kappa shape index (κ1) is 17.9. The molecule has 3 aromatic rings. The van der Waals surface area contributed by atoms with E-state index in [0.29, 0.717) is 23.8 Å². The first-order valence-corrected chi connectivity index (χ1v) is 8.88. The van der Waals surface area contributed by atoms with Crippen molar-refractivity contribution in [3.05, 3.63) is 41.0 Å². The Kier molecular flexibility index (Phi) is 5.17. The van der Waals surface area contributed by atoms with Gasteiger partial charge < -0.3 is 19.6 Å². The van der Waals surface area contributed by atoms with Gasteiger partial charge in [-0.15, -0.1) is 11.3 Å². The highest BCUT2D eigenvalue weighted by molar-refractivity contribution is 7.16. The van der Waals surface area contributed by atoms with Gasteiger partial charge in [0, 0.05) is 11.3 Å². The lowest BCUT2D eigenvalue weighted by Gasteiger charge is -2.13. The van der Waals surface area contributed by atoms with Crippen molar-refractivity contribution in [1.29, 1.82) is 0 Å². The minimum Gasteiger partial charge on any atom is -0.459 e. The number of hydrogen-bond acceptors (Lipinski definition) is 7. The predicted molar refractivity (Wildman–Crippen MR) is 96.0 cm³/mol. The Bertz CT molecular complexity index is 913. The SMILES string of the molecule is CCc1nc(-c2cc(NC(=O)C(C)NC(=O)c3ccco3)c(C)s2)no1. The molecular weight excluding hydrogens is 356 g/mol. The van der Waals surface area contributed by atoms with Crippen molar-refractivity contribution in [2.45, 2.75) is 33.2 Å². The van der Waals surface area contributed by atoms with Crippen molar-refractivity contribution in [2.75, 3.05) is 5.32 Å². The second-order valence-electron chi connectivity index (χ2n) is 5.61. The van der Waals surface area contributed by atoms with Crippen molar-refractivity contribution >= 4 is 28.8 Å². The van der Waals surface area contributed by atoms with Gasteiger partial charge in [-0.25, -0.2) is 0 Å². The second-order valence-corrected chi connectivity index (χ2v) is 6.86. The number of furan rings is 1. The van der Waals surface area contributed by atoms with Crippen molar-refractivity contribution < 1.29 is 18.5 Å². The fourth-order valence-corrected chi connectivity index (χ4v) is 3.10. The molecule has 9 heteroatoms. The van der Waals surface area contributed by atoms with Gasteiger partial charge in [0.2, 0.25) is 17.6 Å². The summed E-state index contributed by atoms with van der Waals surface area (Å²) in [5.74, 6) is 0.432. The molecule has 3 aromatic heterocycles. The van der Waals surface area contributed by atoms with Crippen LogP contribution in [0, 0.1) is 6.92 Å². The molecule has 1 atom stereocenters. The average Bonchev–Trinajstić information content (AvgIpc) is 3.36. The fraction of sp³-hybridized carbons (Fsp3) is 0.294. The van der Waals surface area contributed by atoms with E-state index in [9.17, 15) is 9.59 Å². The molecule has 0 fully saturated rings. The lowest BCUT2D eigenvalue weighted by molar-refractivity contribution is -0.117. The molecule has 0 bridgehead atoms. The second kappa shape index (κ2) is 7.52. The number of nitrogens with one attached hydrogen (secondary N) is 2. The smallest absolute Gasteiger partial charge is 0.287 e. The number of rotatable bonds is 6. The van der Waals surface area contributed by atoms with E-state index in [1.54, 1.807) is 19.1 Å². The zero-order chi connectivity index (χ0) is 18.7. The highest BCUT2D eigenvalue weighted by Crippen LogP contribution is 2.32. The van der Waals surface area contributed by atoms with Gasteiger partial charge in [0.15, 0.2) is 5.76 Å². The summed E-state index contributed by atoms with van der Waals surface area (Å²) in [7, 11) is 0. The molecular formula is C17H18N4O4S. The lowest BCUT2D eigenvalue weighted by Crippen LogP contribution is -2.41. The third-order valence-electron chi connectivity index (χ3n) is 3.65. The van der Waals surface area contributed by atoms with Crippen molar-refractivity contribution in [1.82, 2.24) is 15.5 Å². The highest BCUT2D eigenvalue weighted by Gasteiger charge is 2.20. The molecule has 8 nitrogen and oxygen atoms in total. The minimum absolute atomic E-state index is 0.155. The van der Waals surface area contributed by atoms with Gasteiger partial charge in [0.25, 0.3) is 5.91 Å². The van der Waals surface area contributed by atoms with Crippen LogP contribution in [0.15, 0.2) is 33.4 Å². The van der Waals surface area contributed by atoms with E-state index in [1.807, 2.05) is 13.8 Å². The number of aromatic nitrogens is 2. The van der Waals surface area contributed by atoms with Gasteiger partial charge >= 0.3 is 0 Å². The lowest BCUT2D eigenvalue weighted by atomic mass is 10.2. The van der Waals surface area contributed by atoms with Crippen LogP contribution >= 0.6 is 11.3 Å². The largest absolute Gasteiger partial charge is 0.459 e. The summed E-state index contributed by atoms with van der Waals surface area (Å²) in [5.41, 5.74) is 0.650. The van der Waals surface area contributed by atoms with Gasteiger partial charge in [0.1, 0.15) is 6.04 Å². The Morgan fingerprint density at radius 3 is 2.85 bits per heavy atom. The molecule has 1 unspecified atom stereocenters. The molecule has 0 radical (unpaired) electrons. The van der Waals surface area contributed by atoms with E-state index in [4.69, 9.17) is 8.94 Å². The summed E-state index contributed by atoms with van der Waals surface area (Å²) >= 11 is 1.45. The van der Waals surface area contributed by atoms with Crippen molar-refractivity contribution in [3.8, 4) is 10.7 Å². The molecule has 26 heavy (non-hydrogen) atoms. The Morgan fingerprint density at radius 2 is 2.19 bits per heavy atom. The van der Waals surface area contributed by atoms with Gasteiger partial charge in [-0.05, 0) is 32.0 Å². The molecule has 0 spiro atoms. The molecule has 0 aliphatic heterocycles. The third-order valence-corrected chi connectivity index (χ3v) is 4.70. The fourth-order valence-electron chi connectivity index (χ4n) is 2.20. The predicted octanol–water partition coefficient (Wildman–Crippen LogP) is 3.02. The van der Waals surface area contributed by atoms with E-state index in [2.05, 4.69) is 20.8 Å². The third kappa shape index (κ3) is 3.83. The van der Waals surface area contributed by atoms with Gasteiger partial charge in [-0.2, -0.15) is 4.98 Å². The number of nitrogens with zero attached hydrogens (tertiary/aromatic N) is 2.